The summed E-state index contributed by atoms with van der Waals surface area (Å²) in [6, 6.07) is 14.6. The van der Waals surface area contributed by atoms with E-state index in [0.717, 1.165) is 30.7 Å². The Kier molecular flexibility index (Phi) is 4.24. The Hall–Kier alpha value is -2.29. The third kappa shape index (κ3) is 3.04. The van der Waals surface area contributed by atoms with Crippen LogP contribution in [-0.4, -0.2) is 18.1 Å². The van der Waals surface area contributed by atoms with Crippen molar-refractivity contribution >= 4 is 11.6 Å². The van der Waals surface area contributed by atoms with E-state index in [1.54, 1.807) is 0 Å². The van der Waals surface area contributed by atoms with Gasteiger partial charge in [-0.25, -0.2) is 0 Å². The number of ether oxygens (including phenoxy) is 1. The topological polar surface area (TPSA) is 29.5 Å². The number of hydrogen-bond donors (Lipinski definition) is 0. The molecule has 4 rings (SSSR count). The maximum absolute atomic E-state index is 13.0. The summed E-state index contributed by atoms with van der Waals surface area (Å²) in [6.07, 6.45) is 5.21. The van der Waals surface area contributed by atoms with Crippen LogP contribution in [0.5, 0.6) is 5.75 Å². The fourth-order valence-corrected chi connectivity index (χ4v) is 4.13. The number of benzene rings is 2. The van der Waals surface area contributed by atoms with Gasteiger partial charge >= 0.3 is 0 Å². The molecule has 0 fully saturated rings. The van der Waals surface area contributed by atoms with Crippen molar-refractivity contribution in [1.82, 2.24) is 0 Å². The third-order valence-electron chi connectivity index (χ3n) is 5.43. The average Bonchev–Trinajstić information content (AvgIpc) is 2.96. The highest BCUT2D eigenvalue weighted by atomic mass is 16.5. The second kappa shape index (κ2) is 6.55. The lowest BCUT2D eigenvalue weighted by Crippen LogP contribution is -2.43. The number of aryl methyl sites for hydroxylation is 2. The summed E-state index contributed by atoms with van der Waals surface area (Å²) in [4.78, 5) is 14.9. The smallest absolute Gasteiger partial charge is 0.268 e. The first-order valence-corrected chi connectivity index (χ1v) is 9.33. The summed E-state index contributed by atoms with van der Waals surface area (Å²) in [7, 11) is 0. The molecule has 0 saturated heterocycles. The van der Waals surface area contributed by atoms with Crippen molar-refractivity contribution in [1.29, 1.82) is 0 Å². The molecule has 2 aliphatic rings. The number of carbonyl (C=O) groups is 1. The van der Waals surface area contributed by atoms with Crippen LogP contribution in [0.15, 0.2) is 42.5 Å². The van der Waals surface area contributed by atoms with Gasteiger partial charge in [0.25, 0.3) is 5.91 Å². The average molecular weight is 335 g/mol. The van der Waals surface area contributed by atoms with Crippen LogP contribution < -0.4 is 9.64 Å². The zero-order valence-electron chi connectivity index (χ0n) is 15.0. The van der Waals surface area contributed by atoms with Crippen LogP contribution in [0.4, 0.5) is 5.69 Å². The Morgan fingerprint density at radius 2 is 1.84 bits per heavy atom. The first-order valence-electron chi connectivity index (χ1n) is 9.33. The molecule has 2 aromatic rings. The molecular formula is C22H25NO2. The monoisotopic (exact) mass is 335 g/mol. The maximum Gasteiger partial charge on any atom is 0.268 e. The van der Waals surface area contributed by atoms with Gasteiger partial charge in [-0.15, -0.1) is 0 Å². The molecule has 0 saturated carbocycles. The molecule has 0 aromatic heterocycles. The Bertz CT molecular complexity index is 798. The number of carbonyl (C=O) groups excluding carboxylic acids is 1. The summed E-state index contributed by atoms with van der Waals surface area (Å²) >= 11 is 0. The van der Waals surface area contributed by atoms with E-state index in [1.165, 1.54) is 29.5 Å². The number of hydrogen-bond acceptors (Lipinski definition) is 2. The van der Waals surface area contributed by atoms with Gasteiger partial charge in [0.2, 0.25) is 0 Å². The molecule has 1 heterocycles. The molecule has 0 spiro atoms. The molecule has 0 radical (unpaired) electrons. The molecule has 2 atom stereocenters. The standard InChI is InChI=1S/C22H25NO2/c1-15-13-19-9-5-6-10-21(19)23(15)22(24)16(2)25-20-12-11-17-7-3-4-8-18(17)14-20/h5-6,9-12,14-16H,3-4,7-8,13H2,1-2H3/t15-,16+/m1/s1. The van der Waals surface area contributed by atoms with Crippen LogP contribution >= 0.6 is 0 Å². The number of para-hydroxylation sites is 1. The minimum atomic E-state index is -0.491. The Morgan fingerprint density at radius 1 is 1.08 bits per heavy atom. The van der Waals surface area contributed by atoms with Crippen molar-refractivity contribution in [3.05, 3.63) is 59.2 Å². The first-order chi connectivity index (χ1) is 12.1. The first kappa shape index (κ1) is 16.2. The van der Waals surface area contributed by atoms with Crippen LogP contribution in [0.2, 0.25) is 0 Å². The summed E-state index contributed by atoms with van der Waals surface area (Å²) in [5.41, 5.74) is 5.08. The fraction of sp³-hybridized carbons (Fsp3) is 0.409. The van der Waals surface area contributed by atoms with E-state index >= 15 is 0 Å². The fourth-order valence-electron chi connectivity index (χ4n) is 4.13. The molecule has 3 heteroatoms. The number of nitrogens with zero attached hydrogens (tertiary/aromatic N) is 1. The molecule has 1 aliphatic carbocycles. The van der Waals surface area contributed by atoms with Crippen molar-refractivity contribution in [2.45, 2.75) is 58.1 Å². The quantitative estimate of drug-likeness (QED) is 0.836. The highest BCUT2D eigenvalue weighted by molar-refractivity contribution is 5.99. The van der Waals surface area contributed by atoms with Gasteiger partial charge in [0.05, 0.1) is 0 Å². The van der Waals surface area contributed by atoms with Gasteiger partial charge < -0.3 is 9.64 Å². The van der Waals surface area contributed by atoms with Gasteiger partial charge in [-0.05, 0) is 80.8 Å². The van der Waals surface area contributed by atoms with E-state index in [2.05, 4.69) is 25.1 Å². The number of rotatable bonds is 3. The summed E-state index contributed by atoms with van der Waals surface area (Å²) in [5, 5.41) is 0. The van der Waals surface area contributed by atoms with Crippen LogP contribution in [0.25, 0.3) is 0 Å². The van der Waals surface area contributed by atoms with Crippen molar-refractivity contribution in [3.63, 3.8) is 0 Å². The Labute approximate surface area is 149 Å². The highest BCUT2D eigenvalue weighted by Crippen LogP contribution is 2.33. The van der Waals surface area contributed by atoms with Crippen LogP contribution in [-0.2, 0) is 24.1 Å². The van der Waals surface area contributed by atoms with E-state index in [1.807, 2.05) is 36.1 Å². The molecule has 3 nitrogen and oxygen atoms in total. The molecular weight excluding hydrogens is 310 g/mol. The largest absolute Gasteiger partial charge is 0.481 e. The molecule has 130 valence electrons. The zero-order valence-corrected chi connectivity index (χ0v) is 15.0. The lowest BCUT2D eigenvalue weighted by molar-refractivity contribution is -0.124. The molecule has 0 N–H and O–H groups in total. The number of amides is 1. The molecule has 0 bridgehead atoms. The molecule has 0 unspecified atom stereocenters. The minimum absolute atomic E-state index is 0.0372. The Balaban J connectivity index is 1.51. The maximum atomic E-state index is 13.0. The van der Waals surface area contributed by atoms with Crippen molar-refractivity contribution in [2.75, 3.05) is 4.90 Å². The van der Waals surface area contributed by atoms with Crippen molar-refractivity contribution < 1.29 is 9.53 Å². The van der Waals surface area contributed by atoms with E-state index in [0.29, 0.717) is 0 Å². The normalized spacial score (nSPS) is 19.9. The van der Waals surface area contributed by atoms with Gasteiger partial charge in [0.1, 0.15) is 5.75 Å². The third-order valence-corrected chi connectivity index (χ3v) is 5.43. The SMILES string of the molecule is C[C@H](Oc1ccc2c(c1)CCCC2)C(=O)N1c2ccccc2C[C@H]1C. The summed E-state index contributed by atoms with van der Waals surface area (Å²) in [6.45, 7) is 3.96. The lowest BCUT2D eigenvalue weighted by atomic mass is 9.92. The van der Waals surface area contributed by atoms with Crippen LogP contribution in [0, 0.1) is 0 Å². The van der Waals surface area contributed by atoms with E-state index in [9.17, 15) is 4.79 Å². The van der Waals surface area contributed by atoms with Crippen LogP contribution in [0.1, 0.15) is 43.4 Å². The summed E-state index contributed by atoms with van der Waals surface area (Å²) in [5.74, 6) is 0.844. The molecule has 25 heavy (non-hydrogen) atoms. The molecule has 2 aromatic carbocycles. The predicted octanol–water partition coefficient (Wildman–Crippen LogP) is 4.31. The van der Waals surface area contributed by atoms with Gasteiger partial charge in [0, 0.05) is 11.7 Å². The minimum Gasteiger partial charge on any atom is -0.481 e. The van der Waals surface area contributed by atoms with Gasteiger partial charge in [-0.3, -0.25) is 4.79 Å². The lowest BCUT2D eigenvalue weighted by Gasteiger charge is -2.26. The van der Waals surface area contributed by atoms with E-state index in [-0.39, 0.29) is 11.9 Å². The predicted molar refractivity (Wildman–Crippen MR) is 100 cm³/mol. The van der Waals surface area contributed by atoms with E-state index in [4.69, 9.17) is 4.74 Å². The molecule has 1 amide bonds. The second-order valence-electron chi connectivity index (χ2n) is 7.29. The van der Waals surface area contributed by atoms with Crippen molar-refractivity contribution in [2.24, 2.45) is 0 Å². The number of anilines is 1. The second-order valence-corrected chi connectivity index (χ2v) is 7.29. The highest BCUT2D eigenvalue weighted by Gasteiger charge is 2.33. The van der Waals surface area contributed by atoms with Crippen LogP contribution in [0.3, 0.4) is 0 Å². The van der Waals surface area contributed by atoms with Crippen molar-refractivity contribution in [3.8, 4) is 5.75 Å². The number of fused-ring (bicyclic) bond motifs is 2. The zero-order chi connectivity index (χ0) is 17.4. The Morgan fingerprint density at radius 3 is 2.68 bits per heavy atom. The van der Waals surface area contributed by atoms with Gasteiger partial charge in [-0.1, -0.05) is 24.3 Å². The van der Waals surface area contributed by atoms with Gasteiger partial charge in [0.15, 0.2) is 6.10 Å². The molecule has 1 aliphatic heterocycles. The summed E-state index contributed by atoms with van der Waals surface area (Å²) < 4.78 is 6.03. The van der Waals surface area contributed by atoms with Gasteiger partial charge in [-0.2, -0.15) is 0 Å². The van der Waals surface area contributed by atoms with E-state index < -0.39 is 6.10 Å².